The van der Waals surface area contributed by atoms with Crippen molar-refractivity contribution >= 4 is 45.2 Å². The Bertz CT molecular complexity index is 1620. The van der Waals surface area contributed by atoms with Gasteiger partial charge in [0.1, 0.15) is 23.2 Å². The van der Waals surface area contributed by atoms with Crippen LogP contribution in [0.1, 0.15) is 27.9 Å². The molecule has 7 N–H and O–H groups in total. The average molecular weight is 688 g/mol. The summed E-state index contributed by atoms with van der Waals surface area (Å²) < 4.78 is 6.07. The lowest BCUT2D eigenvalue weighted by atomic mass is 9.56. The van der Waals surface area contributed by atoms with Crippen molar-refractivity contribution in [2.45, 2.75) is 37.1 Å². The van der Waals surface area contributed by atoms with Gasteiger partial charge in [0.05, 0.1) is 11.7 Å². The van der Waals surface area contributed by atoms with E-state index in [0.717, 1.165) is 4.47 Å². The van der Waals surface area contributed by atoms with Gasteiger partial charge >= 0.3 is 6.09 Å². The number of benzene rings is 2. The van der Waals surface area contributed by atoms with Gasteiger partial charge in [-0.3, -0.25) is 14.4 Å². The van der Waals surface area contributed by atoms with Gasteiger partial charge in [-0.2, -0.15) is 0 Å². The van der Waals surface area contributed by atoms with Crippen LogP contribution in [0.15, 0.2) is 46.1 Å². The monoisotopic (exact) mass is 686 g/mol. The number of fused-ring (bicyclic) bond motifs is 3. The van der Waals surface area contributed by atoms with Gasteiger partial charge in [0, 0.05) is 53.9 Å². The van der Waals surface area contributed by atoms with E-state index in [1.54, 1.807) is 68.3 Å². The number of nitrogens with zero attached hydrogens (tertiary/aromatic N) is 2. The van der Waals surface area contributed by atoms with Crippen LogP contribution in [0.3, 0.4) is 0 Å². The third-order valence-electron chi connectivity index (χ3n) is 9.08. The average Bonchev–Trinajstić information content (AvgIpc) is 2.95. The van der Waals surface area contributed by atoms with Crippen molar-refractivity contribution in [2.24, 2.45) is 23.5 Å². The van der Waals surface area contributed by atoms with Crippen LogP contribution in [0.5, 0.6) is 11.5 Å². The zero-order valence-electron chi connectivity index (χ0n) is 25.1. The Labute approximate surface area is 267 Å². The third kappa shape index (κ3) is 5.25. The van der Waals surface area contributed by atoms with E-state index in [1.807, 2.05) is 0 Å². The fourth-order valence-corrected chi connectivity index (χ4v) is 7.32. The first-order valence-electron chi connectivity index (χ1n) is 14.2. The Kier molecular flexibility index (Phi) is 8.46. The highest BCUT2D eigenvalue weighted by atomic mass is 79.9. The van der Waals surface area contributed by atoms with Crippen molar-refractivity contribution in [1.82, 2.24) is 10.2 Å². The Morgan fingerprint density at radius 3 is 2.36 bits per heavy atom. The summed E-state index contributed by atoms with van der Waals surface area (Å²) in [5, 5.41) is 48.4. The Morgan fingerprint density at radius 1 is 1.13 bits per heavy atom. The number of carbonyl (C=O) groups excluding carboxylic acids is 4. The van der Waals surface area contributed by atoms with E-state index in [2.05, 4.69) is 21.2 Å². The van der Waals surface area contributed by atoms with E-state index in [4.69, 9.17) is 10.5 Å². The number of allylic oxidation sites excluding steroid dienone is 1. The number of aliphatic hydroxyl groups excluding tert-OH is 2. The normalized spacial score (nSPS) is 27.4. The van der Waals surface area contributed by atoms with Crippen LogP contribution in [-0.4, -0.2) is 94.8 Å². The summed E-state index contributed by atoms with van der Waals surface area (Å²) in [6.45, 7) is -0.218. The van der Waals surface area contributed by atoms with Crippen molar-refractivity contribution < 1.29 is 44.3 Å². The lowest BCUT2D eigenvalue weighted by Gasteiger charge is -2.53. The van der Waals surface area contributed by atoms with Crippen LogP contribution in [0.2, 0.25) is 0 Å². The molecule has 14 heteroatoms. The SMILES string of the molecule is CN(C)c1cc(CNC(=O)Oc2ccc(Br)cc2)c(O)c2c1C[C@H]1C[C@H]3[C@H](N(C)C)C(O)C(C(N)=O)C(=O)[C@@]3(O)C(O)=C1C2=O. The van der Waals surface area contributed by atoms with Crippen molar-refractivity contribution in [3.63, 3.8) is 0 Å². The number of nitrogens with one attached hydrogen (secondary N) is 1. The van der Waals surface area contributed by atoms with Crippen LogP contribution in [0.4, 0.5) is 10.5 Å². The second-order valence-electron chi connectivity index (χ2n) is 12.1. The van der Waals surface area contributed by atoms with E-state index in [-0.39, 0.29) is 41.8 Å². The number of ether oxygens (including phenoxy) is 1. The molecule has 0 aromatic heterocycles. The molecular weight excluding hydrogens is 652 g/mol. The number of Topliss-reactive ketones (excluding diaryl/α,β-unsaturated/α-hetero) is 2. The minimum atomic E-state index is -2.68. The molecule has 2 aromatic carbocycles. The maximum Gasteiger partial charge on any atom is 0.412 e. The minimum Gasteiger partial charge on any atom is -0.508 e. The number of phenols is 1. The number of hydrogen-bond donors (Lipinski definition) is 6. The summed E-state index contributed by atoms with van der Waals surface area (Å²) in [5.74, 6) is -7.82. The van der Waals surface area contributed by atoms with E-state index in [9.17, 15) is 39.6 Å². The lowest BCUT2D eigenvalue weighted by Crippen LogP contribution is -2.71. The molecule has 0 spiro atoms. The molecule has 13 nitrogen and oxygen atoms in total. The molecule has 0 heterocycles. The quantitative estimate of drug-likeness (QED) is 0.240. The van der Waals surface area contributed by atoms with Gasteiger partial charge in [0.15, 0.2) is 17.2 Å². The number of aromatic hydroxyl groups is 1. The molecule has 3 aliphatic carbocycles. The van der Waals surface area contributed by atoms with Gasteiger partial charge in [-0.1, -0.05) is 15.9 Å². The molecule has 0 bridgehead atoms. The van der Waals surface area contributed by atoms with Gasteiger partial charge < -0.3 is 46.0 Å². The molecule has 1 saturated carbocycles. The first-order chi connectivity index (χ1) is 21.1. The van der Waals surface area contributed by atoms with Crippen molar-refractivity contribution in [1.29, 1.82) is 0 Å². The number of hydrogen-bond acceptors (Lipinski definition) is 11. The summed E-state index contributed by atoms with van der Waals surface area (Å²) in [5.41, 5.74) is 3.61. The number of ketones is 2. The van der Waals surface area contributed by atoms with Crippen LogP contribution in [-0.2, 0) is 22.6 Å². The molecule has 0 aliphatic heterocycles. The number of likely N-dealkylation sites (N-methyl/N-ethyl adjacent to an activating group) is 1. The number of amides is 2. The van der Waals surface area contributed by atoms with Crippen LogP contribution < -0.4 is 20.7 Å². The van der Waals surface area contributed by atoms with Crippen molar-refractivity contribution in [3.8, 4) is 11.5 Å². The molecule has 2 unspecified atom stereocenters. The molecular formula is C31H35BrN4O9. The first-order valence-corrected chi connectivity index (χ1v) is 15.0. The fourth-order valence-electron chi connectivity index (χ4n) is 7.05. The van der Waals surface area contributed by atoms with Crippen LogP contribution >= 0.6 is 15.9 Å². The number of carbonyl (C=O) groups is 4. The molecule has 6 atom stereocenters. The highest BCUT2D eigenvalue weighted by molar-refractivity contribution is 9.10. The smallest absolute Gasteiger partial charge is 0.412 e. The summed E-state index contributed by atoms with van der Waals surface area (Å²) in [6.07, 6.45) is -2.19. The van der Waals surface area contributed by atoms with Gasteiger partial charge in [-0.05, 0) is 68.8 Å². The van der Waals surface area contributed by atoms with Gasteiger partial charge in [0.25, 0.3) is 0 Å². The number of phenolic OH excluding ortho intramolecular Hbond substituents is 1. The molecule has 240 valence electrons. The van der Waals surface area contributed by atoms with Gasteiger partial charge in [-0.25, -0.2) is 4.79 Å². The Morgan fingerprint density at radius 2 is 1.78 bits per heavy atom. The summed E-state index contributed by atoms with van der Waals surface area (Å²) in [7, 11) is 6.71. The summed E-state index contributed by atoms with van der Waals surface area (Å²) >= 11 is 3.31. The number of anilines is 1. The Balaban J connectivity index is 1.55. The lowest BCUT2D eigenvalue weighted by molar-refractivity contribution is -0.178. The molecule has 2 amide bonds. The Hall–Kier alpha value is -3.98. The number of rotatable bonds is 6. The third-order valence-corrected chi connectivity index (χ3v) is 9.61. The number of halogens is 1. The maximum atomic E-state index is 14.1. The molecule has 0 saturated heterocycles. The molecule has 45 heavy (non-hydrogen) atoms. The fraction of sp³-hybridized carbons (Fsp3) is 0.419. The van der Waals surface area contributed by atoms with E-state index in [0.29, 0.717) is 11.3 Å². The predicted molar refractivity (Wildman–Crippen MR) is 165 cm³/mol. The van der Waals surface area contributed by atoms with Gasteiger partial charge in [0.2, 0.25) is 5.91 Å². The molecule has 2 aromatic rings. The predicted octanol–water partition coefficient (Wildman–Crippen LogP) is 1.40. The summed E-state index contributed by atoms with van der Waals surface area (Å²) in [6, 6.07) is 7.26. The van der Waals surface area contributed by atoms with Crippen LogP contribution in [0.25, 0.3) is 0 Å². The van der Waals surface area contributed by atoms with Crippen molar-refractivity contribution in [3.05, 3.63) is 62.8 Å². The summed E-state index contributed by atoms with van der Waals surface area (Å²) in [4.78, 5) is 55.8. The zero-order chi connectivity index (χ0) is 33.1. The standard InChI is InChI=1S/C31H35BrN4O9/c1-35(2)19-11-14(12-34-30(43)45-16-7-5-15(32)6-8-16)24(37)21-17(19)9-13-10-18-23(36(3)4)26(39)22(29(33)42)28(41)31(18,44)27(40)20(13)25(21)38/h5-8,11,13,18,22-23,26,37,39-40,44H,9-10,12H2,1-4H3,(H2,33,42)(H,34,43)/t13-,18-,22?,23-,26?,31-/m0/s1. The van der Waals surface area contributed by atoms with E-state index >= 15 is 0 Å². The number of primary amides is 1. The maximum absolute atomic E-state index is 14.1. The molecule has 0 radical (unpaired) electrons. The first kappa shape index (κ1) is 32.4. The molecule has 5 rings (SSSR count). The largest absolute Gasteiger partial charge is 0.508 e. The number of nitrogens with two attached hydrogens (primary N) is 1. The van der Waals surface area contributed by atoms with Crippen molar-refractivity contribution in [2.75, 3.05) is 33.1 Å². The minimum absolute atomic E-state index is 0.0109. The number of aliphatic hydroxyl groups is 3. The molecule has 3 aliphatic rings. The zero-order valence-corrected chi connectivity index (χ0v) is 26.7. The highest BCUT2D eigenvalue weighted by Crippen LogP contribution is 2.53. The topological polar surface area (TPSA) is 203 Å². The highest BCUT2D eigenvalue weighted by Gasteiger charge is 2.66. The molecule has 1 fully saturated rings. The van der Waals surface area contributed by atoms with E-state index < -0.39 is 70.6 Å². The second-order valence-corrected chi connectivity index (χ2v) is 13.1. The van der Waals surface area contributed by atoms with E-state index in [1.165, 1.54) is 0 Å². The second kappa shape index (κ2) is 11.7. The van der Waals surface area contributed by atoms with Crippen LogP contribution in [0, 0.1) is 17.8 Å². The van der Waals surface area contributed by atoms with Gasteiger partial charge in [-0.15, -0.1) is 0 Å².